The highest BCUT2D eigenvalue weighted by Gasteiger charge is 2.02. The molecule has 0 bridgehead atoms. The first kappa shape index (κ1) is 6.22. The number of rotatable bonds is 0. The zero-order valence-electron chi connectivity index (χ0n) is 6.13. The molecule has 0 aliphatic heterocycles. The summed E-state index contributed by atoms with van der Waals surface area (Å²) < 4.78 is 0. The quantitative estimate of drug-likeness (QED) is 0.595. The van der Waals surface area contributed by atoms with Crippen molar-refractivity contribution in [1.82, 2.24) is 9.97 Å². The molecule has 3 heteroatoms. The Hall–Kier alpha value is -1.51. The standard InChI is InChI=1S/C8H8N2O/c1-5-8-6(2-3-9-5)7(11)4-10-8/h2-4,10-11H,1H3. The van der Waals surface area contributed by atoms with Crippen molar-refractivity contribution in [2.24, 2.45) is 0 Å². The number of nitrogens with one attached hydrogen (secondary N) is 1. The molecule has 2 heterocycles. The summed E-state index contributed by atoms with van der Waals surface area (Å²) in [4.78, 5) is 7.02. The summed E-state index contributed by atoms with van der Waals surface area (Å²) >= 11 is 0. The van der Waals surface area contributed by atoms with Gasteiger partial charge in [-0.3, -0.25) is 4.98 Å². The van der Waals surface area contributed by atoms with Crippen molar-refractivity contribution in [3.63, 3.8) is 0 Å². The number of fused-ring (bicyclic) bond motifs is 1. The van der Waals surface area contributed by atoms with E-state index in [1.165, 1.54) is 0 Å². The Bertz CT molecular complexity index is 392. The Balaban J connectivity index is 2.94. The van der Waals surface area contributed by atoms with E-state index in [9.17, 15) is 5.11 Å². The van der Waals surface area contributed by atoms with Crippen LogP contribution in [0.15, 0.2) is 18.5 Å². The van der Waals surface area contributed by atoms with Crippen LogP contribution in [-0.4, -0.2) is 15.1 Å². The molecule has 0 amide bonds. The lowest BCUT2D eigenvalue weighted by molar-refractivity contribution is 0.481. The Morgan fingerprint density at radius 3 is 3.09 bits per heavy atom. The van der Waals surface area contributed by atoms with Crippen LogP contribution in [0.3, 0.4) is 0 Å². The first-order valence-corrected chi connectivity index (χ1v) is 3.40. The Morgan fingerprint density at radius 1 is 1.55 bits per heavy atom. The van der Waals surface area contributed by atoms with E-state index in [1.807, 2.05) is 6.92 Å². The molecule has 0 spiro atoms. The van der Waals surface area contributed by atoms with Crippen molar-refractivity contribution in [3.8, 4) is 5.75 Å². The van der Waals surface area contributed by atoms with Crippen LogP contribution in [-0.2, 0) is 0 Å². The first-order valence-electron chi connectivity index (χ1n) is 3.40. The summed E-state index contributed by atoms with van der Waals surface area (Å²) in [5.41, 5.74) is 1.81. The van der Waals surface area contributed by atoms with Gasteiger partial charge in [0.05, 0.1) is 11.2 Å². The molecule has 56 valence electrons. The molecular weight excluding hydrogens is 140 g/mol. The summed E-state index contributed by atoms with van der Waals surface area (Å²) in [5.74, 6) is 0.283. The van der Waals surface area contributed by atoms with Crippen molar-refractivity contribution >= 4 is 10.9 Å². The molecule has 0 saturated heterocycles. The number of nitrogens with zero attached hydrogens (tertiary/aromatic N) is 1. The number of aryl methyl sites for hydroxylation is 1. The molecule has 2 N–H and O–H groups in total. The minimum absolute atomic E-state index is 0.283. The molecule has 0 radical (unpaired) electrons. The molecule has 0 aromatic carbocycles. The number of pyridine rings is 1. The minimum Gasteiger partial charge on any atom is -0.506 e. The predicted molar refractivity (Wildman–Crippen MR) is 42.5 cm³/mol. The average molecular weight is 148 g/mol. The van der Waals surface area contributed by atoms with Crippen LogP contribution in [0.5, 0.6) is 5.75 Å². The first-order chi connectivity index (χ1) is 5.29. The van der Waals surface area contributed by atoms with Gasteiger partial charge < -0.3 is 10.1 Å². The van der Waals surface area contributed by atoms with E-state index >= 15 is 0 Å². The predicted octanol–water partition coefficient (Wildman–Crippen LogP) is 1.58. The Morgan fingerprint density at radius 2 is 2.36 bits per heavy atom. The number of aromatic amines is 1. The molecule has 2 aromatic rings. The van der Waals surface area contributed by atoms with Crippen LogP contribution in [0.4, 0.5) is 0 Å². The van der Waals surface area contributed by atoms with Crippen LogP contribution in [0.2, 0.25) is 0 Å². The fourth-order valence-electron chi connectivity index (χ4n) is 1.18. The molecule has 0 saturated carbocycles. The summed E-state index contributed by atoms with van der Waals surface area (Å²) in [6.45, 7) is 1.90. The number of aromatic nitrogens is 2. The van der Waals surface area contributed by atoms with Crippen molar-refractivity contribution in [1.29, 1.82) is 0 Å². The number of H-pyrrole nitrogens is 1. The van der Waals surface area contributed by atoms with E-state index < -0.39 is 0 Å². The van der Waals surface area contributed by atoms with Gasteiger partial charge in [-0.25, -0.2) is 0 Å². The van der Waals surface area contributed by atoms with Gasteiger partial charge >= 0.3 is 0 Å². The summed E-state index contributed by atoms with van der Waals surface area (Å²) in [7, 11) is 0. The summed E-state index contributed by atoms with van der Waals surface area (Å²) in [6.07, 6.45) is 3.25. The summed E-state index contributed by atoms with van der Waals surface area (Å²) in [6, 6.07) is 1.79. The minimum atomic E-state index is 0.283. The molecule has 2 rings (SSSR count). The lowest BCUT2D eigenvalue weighted by Crippen LogP contribution is -1.79. The fourth-order valence-corrected chi connectivity index (χ4v) is 1.18. The monoisotopic (exact) mass is 148 g/mol. The van der Waals surface area contributed by atoms with Crippen LogP contribution >= 0.6 is 0 Å². The van der Waals surface area contributed by atoms with Gasteiger partial charge in [-0.1, -0.05) is 0 Å². The van der Waals surface area contributed by atoms with Crippen molar-refractivity contribution in [3.05, 3.63) is 24.2 Å². The molecule has 0 unspecified atom stereocenters. The van der Waals surface area contributed by atoms with Gasteiger partial charge in [0.2, 0.25) is 0 Å². The lowest BCUT2D eigenvalue weighted by Gasteiger charge is -1.92. The zero-order chi connectivity index (χ0) is 7.84. The summed E-state index contributed by atoms with van der Waals surface area (Å²) in [5, 5.41) is 10.1. The second kappa shape index (κ2) is 1.99. The van der Waals surface area contributed by atoms with E-state index in [0.29, 0.717) is 0 Å². The van der Waals surface area contributed by atoms with E-state index in [4.69, 9.17) is 0 Å². The number of aromatic hydroxyl groups is 1. The Kier molecular flexibility index (Phi) is 1.12. The van der Waals surface area contributed by atoms with E-state index in [1.54, 1.807) is 18.5 Å². The zero-order valence-corrected chi connectivity index (χ0v) is 6.13. The van der Waals surface area contributed by atoms with Crippen molar-refractivity contribution in [2.75, 3.05) is 0 Å². The number of hydrogen-bond donors (Lipinski definition) is 2. The number of hydrogen-bond acceptors (Lipinski definition) is 2. The third kappa shape index (κ3) is 0.774. The molecule has 0 atom stereocenters. The van der Waals surface area contributed by atoms with Gasteiger partial charge in [0.25, 0.3) is 0 Å². The topological polar surface area (TPSA) is 48.9 Å². The van der Waals surface area contributed by atoms with Crippen LogP contribution in [0.25, 0.3) is 10.9 Å². The molecule has 0 aliphatic rings. The molecular formula is C8H8N2O. The lowest BCUT2D eigenvalue weighted by atomic mass is 10.2. The smallest absolute Gasteiger partial charge is 0.140 e. The highest BCUT2D eigenvalue weighted by atomic mass is 16.3. The van der Waals surface area contributed by atoms with Crippen LogP contribution in [0, 0.1) is 6.92 Å². The maximum absolute atomic E-state index is 9.28. The maximum Gasteiger partial charge on any atom is 0.140 e. The average Bonchev–Trinajstić information content (AvgIpc) is 2.35. The van der Waals surface area contributed by atoms with E-state index in [-0.39, 0.29) is 5.75 Å². The van der Waals surface area contributed by atoms with Gasteiger partial charge in [0, 0.05) is 17.8 Å². The maximum atomic E-state index is 9.28. The van der Waals surface area contributed by atoms with E-state index in [2.05, 4.69) is 9.97 Å². The van der Waals surface area contributed by atoms with Gasteiger partial charge in [-0.05, 0) is 13.0 Å². The molecule has 11 heavy (non-hydrogen) atoms. The molecule has 2 aromatic heterocycles. The third-order valence-electron chi connectivity index (χ3n) is 1.77. The molecule has 0 aliphatic carbocycles. The van der Waals surface area contributed by atoms with Crippen molar-refractivity contribution < 1.29 is 5.11 Å². The second-order valence-corrected chi connectivity index (χ2v) is 2.49. The Labute approximate surface area is 63.7 Å². The van der Waals surface area contributed by atoms with Crippen LogP contribution < -0.4 is 0 Å². The van der Waals surface area contributed by atoms with Gasteiger partial charge in [0.15, 0.2) is 0 Å². The fraction of sp³-hybridized carbons (Fsp3) is 0.125. The highest BCUT2D eigenvalue weighted by molar-refractivity contribution is 5.86. The van der Waals surface area contributed by atoms with Crippen molar-refractivity contribution in [2.45, 2.75) is 6.92 Å². The largest absolute Gasteiger partial charge is 0.506 e. The normalized spacial score (nSPS) is 10.6. The second-order valence-electron chi connectivity index (χ2n) is 2.49. The van der Waals surface area contributed by atoms with Gasteiger partial charge in [0.1, 0.15) is 5.75 Å². The van der Waals surface area contributed by atoms with E-state index in [0.717, 1.165) is 16.6 Å². The molecule has 0 fully saturated rings. The highest BCUT2D eigenvalue weighted by Crippen LogP contribution is 2.24. The molecule has 3 nitrogen and oxygen atoms in total. The third-order valence-corrected chi connectivity index (χ3v) is 1.77. The van der Waals surface area contributed by atoms with Gasteiger partial charge in [-0.2, -0.15) is 0 Å². The van der Waals surface area contributed by atoms with Gasteiger partial charge in [-0.15, -0.1) is 0 Å². The van der Waals surface area contributed by atoms with Crippen LogP contribution in [0.1, 0.15) is 5.69 Å². The SMILES string of the molecule is Cc1nccc2c(O)c[nH]c12.